The lowest BCUT2D eigenvalue weighted by Gasteiger charge is -2.38. The standard InChI is InChI=1S/C23H28N8O2/c1-13-9-27-23(24,16-4-7-20(26-11-16)31-12-14(2)25-10-15(31)3)30-21(13)28-17-5-6-19-18(8-17)29-22(32)33-19/h4-9,11,14-15,25,27H,10,12,24H2,1-3H3,(H,28,30)(H,29,32)/t14-,15+,23?/m1/s1. The van der Waals surface area contributed by atoms with Crippen LogP contribution in [0.2, 0.25) is 0 Å². The average Bonchev–Trinajstić information content (AvgIpc) is 3.17. The number of fused-ring (bicyclic) bond motifs is 1. The number of aromatic nitrogens is 2. The lowest BCUT2D eigenvalue weighted by molar-refractivity contribution is 0.405. The molecule has 2 aliphatic rings. The van der Waals surface area contributed by atoms with E-state index in [0.717, 1.165) is 35.7 Å². The predicted molar refractivity (Wildman–Crippen MR) is 129 cm³/mol. The summed E-state index contributed by atoms with van der Waals surface area (Å²) in [5, 5.41) is 9.97. The molecule has 0 bridgehead atoms. The normalized spacial score (nSPS) is 25.4. The van der Waals surface area contributed by atoms with Crippen LogP contribution in [0.5, 0.6) is 0 Å². The van der Waals surface area contributed by atoms with Crippen LogP contribution in [0.1, 0.15) is 26.3 Å². The SMILES string of the molecule is CC1=CNC(N)(c2ccc(N3C[C@@H](C)NC[C@@H]3C)nc2)N=C1Nc1ccc2oc(=O)[nH]c2c1. The zero-order chi connectivity index (χ0) is 23.2. The number of H-pyrrole nitrogens is 1. The second-order valence-corrected chi connectivity index (χ2v) is 8.76. The number of aromatic amines is 1. The first-order valence-electron chi connectivity index (χ1n) is 11.0. The third kappa shape index (κ3) is 4.10. The molecule has 0 aliphatic carbocycles. The zero-order valence-corrected chi connectivity index (χ0v) is 18.8. The average molecular weight is 449 g/mol. The molecule has 0 saturated carbocycles. The highest BCUT2D eigenvalue weighted by Crippen LogP contribution is 2.25. The van der Waals surface area contributed by atoms with Crippen molar-refractivity contribution in [2.75, 3.05) is 23.3 Å². The molecule has 33 heavy (non-hydrogen) atoms. The van der Waals surface area contributed by atoms with Gasteiger partial charge in [-0.2, -0.15) is 0 Å². The lowest BCUT2D eigenvalue weighted by atomic mass is 10.1. The minimum Gasteiger partial charge on any atom is -0.408 e. The van der Waals surface area contributed by atoms with Crippen molar-refractivity contribution < 1.29 is 4.42 Å². The lowest BCUT2D eigenvalue weighted by Crippen LogP contribution is -2.54. The molecule has 5 rings (SSSR count). The van der Waals surface area contributed by atoms with Crippen LogP contribution in [-0.4, -0.2) is 41.0 Å². The Morgan fingerprint density at radius 2 is 2.12 bits per heavy atom. The summed E-state index contributed by atoms with van der Waals surface area (Å²) in [5.74, 6) is -0.103. The van der Waals surface area contributed by atoms with Crippen molar-refractivity contribution in [1.29, 1.82) is 0 Å². The fourth-order valence-electron chi connectivity index (χ4n) is 4.15. The number of nitrogens with two attached hydrogens (primary N) is 1. The van der Waals surface area contributed by atoms with Crippen LogP contribution in [0.4, 0.5) is 11.5 Å². The highest BCUT2D eigenvalue weighted by molar-refractivity contribution is 6.08. The molecular weight excluding hydrogens is 420 g/mol. The van der Waals surface area contributed by atoms with Crippen LogP contribution in [-0.2, 0) is 5.79 Å². The Morgan fingerprint density at radius 3 is 2.91 bits per heavy atom. The molecule has 2 aliphatic heterocycles. The van der Waals surface area contributed by atoms with Crippen molar-refractivity contribution >= 4 is 28.4 Å². The molecule has 10 heteroatoms. The molecule has 1 unspecified atom stereocenters. The van der Waals surface area contributed by atoms with Gasteiger partial charge in [0.1, 0.15) is 11.7 Å². The molecule has 1 saturated heterocycles. The summed E-state index contributed by atoms with van der Waals surface area (Å²) in [6.07, 6.45) is 3.61. The number of hydrogen-bond acceptors (Lipinski definition) is 9. The molecule has 3 atom stereocenters. The molecular formula is C23H28N8O2. The van der Waals surface area contributed by atoms with Gasteiger partial charge in [0.2, 0.25) is 5.79 Å². The van der Waals surface area contributed by atoms with Crippen molar-refractivity contribution in [3.8, 4) is 0 Å². The molecule has 0 amide bonds. The van der Waals surface area contributed by atoms with Gasteiger partial charge in [-0.15, -0.1) is 0 Å². The third-order valence-corrected chi connectivity index (χ3v) is 6.10. The molecule has 0 radical (unpaired) electrons. The summed E-state index contributed by atoms with van der Waals surface area (Å²) in [6, 6.07) is 10.1. The number of anilines is 2. The van der Waals surface area contributed by atoms with Gasteiger partial charge in [0.15, 0.2) is 5.58 Å². The van der Waals surface area contributed by atoms with E-state index in [2.05, 4.69) is 39.7 Å². The maximum atomic E-state index is 11.4. The van der Waals surface area contributed by atoms with E-state index < -0.39 is 11.5 Å². The summed E-state index contributed by atoms with van der Waals surface area (Å²) in [4.78, 5) is 25.8. The Labute approximate surface area is 191 Å². The highest BCUT2D eigenvalue weighted by atomic mass is 16.4. The molecule has 2 aromatic heterocycles. The Kier molecular flexibility index (Phi) is 5.18. The fourth-order valence-corrected chi connectivity index (χ4v) is 4.15. The van der Waals surface area contributed by atoms with E-state index >= 15 is 0 Å². The number of nitrogens with one attached hydrogen (secondary N) is 4. The van der Waals surface area contributed by atoms with Gasteiger partial charge >= 0.3 is 5.76 Å². The molecule has 3 aromatic rings. The van der Waals surface area contributed by atoms with Crippen molar-refractivity contribution in [1.82, 2.24) is 20.6 Å². The zero-order valence-electron chi connectivity index (χ0n) is 18.8. The van der Waals surface area contributed by atoms with Crippen LogP contribution >= 0.6 is 0 Å². The Hall–Kier alpha value is -3.63. The summed E-state index contributed by atoms with van der Waals surface area (Å²) in [7, 11) is 0. The predicted octanol–water partition coefficient (Wildman–Crippen LogP) is 1.79. The van der Waals surface area contributed by atoms with Gasteiger partial charge < -0.3 is 25.3 Å². The van der Waals surface area contributed by atoms with Gasteiger partial charge in [-0.3, -0.25) is 10.7 Å². The number of nitrogens with zero attached hydrogens (tertiary/aromatic N) is 3. The van der Waals surface area contributed by atoms with E-state index in [4.69, 9.17) is 20.1 Å². The van der Waals surface area contributed by atoms with Gasteiger partial charge in [-0.25, -0.2) is 14.8 Å². The van der Waals surface area contributed by atoms with Gasteiger partial charge in [0, 0.05) is 54.4 Å². The molecule has 1 aromatic carbocycles. The maximum absolute atomic E-state index is 11.4. The molecule has 10 nitrogen and oxygen atoms in total. The summed E-state index contributed by atoms with van der Waals surface area (Å²) in [5.41, 5.74) is 10.2. The van der Waals surface area contributed by atoms with Crippen LogP contribution in [0.3, 0.4) is 0 Å². The summed E-state index contributed by atoms with van der Waals surface area (Å²) in [6.45, 7) is 8.13. The quantitative estimate of drug-likeness (QED) is 0.409. The summed E-state index contributed by atoms with van der Waals surface area (Å²) >= 11 is 0. The smallest absolute Gasteiger partial charge is 0.408 e. The Bertz CT molecular complexity index is 1290. The van der Waals surface area contributed by atoms with Crippen molar-refractivity contribution in [2.45, 2.75) is 38.6 Å². The molecule has 172 valence electrons. The van der Waals surface area contributed by atoms with E-state index in [-0.39, 0.29) is 0 Å². The maximum Gasteiger partial charge on any atom is 0.417 e. The van der Waals surface area contributed by atoms with E-state index in [9.17, 15) is 4.79 Å². The number of rotatable bonds is 3. The van der Waals surface area contributed by atoms with E-state index in [0.29, 0.717) is 29.0 Å². The van der Waals surface area contributed by atoms with Gasteiger partial charge in [0.25, 0.3) is 0 Å². The van der Waals surface area contributed by atoms with Crippen LogP contribution in [0.15, 0.2) is 62.5 Å². The molecule has 4 heterocycles. The van der Waals surface area contributed by atoms with E-state index in [1.54, 1.807) is 18.3 Å². The number of hydrogen-bond donors (Lipinski definition) is 5. The number of oxazole rings is 1. The number of amidine groups is 1. The fraction of sp³-hybridized carbons (Fsp3) is 0.348. The number of aliphatic imine (C=N–C) groups is 1. The molecule has 0 spiro atoms. The number of benzene rings is 1. The Balaban J connectivity index is 1.39. The van der Waals surface area contributed by atoms with E-state index in [1.807, 2.05) is 31.3 Å². The van der Waals surface area contributed by atoms with Gasteiger partial charge in [0.05, 0.1) is 5.52 Å². The first-order chi connectivity index (χ1) is 15.8. The second kappa shape index (κ2) is 8.05. The van der Waals surface area contributed by atoms with Gasteiger partial charge in [-0.1, -0.05) is 0 Å². The first-order valence-corrected chi connectivity index (χ1v) is 11.0. The van der Waals surface area contributed by atoms with Crippen molar-refractivity contribution in [3.05, 3.63) is 64.4 Å². The van der Waals surface area contributed by atoms with Crippen molar-refractivity contribution in [2.24, 2.45) is 10.7 Å². The largest absolute Gasteiger partial charge is 0.417 e. The minimum absolute atomic E-state index is 0.362. The molecule has 1 fully saturated rings. The summed E-state index contributed by atoms with van der Waals surface area (Å²) < 4.78 is 5.07. The van der Waals surface area contributed by atoms with E-state index in [1.165, 1.54) is 0 Å². The van der Waals surface area contributed by atoms with Crippen LogP contribution in [0.25, 0.3) is 11.1 Å². The van der Waals surface area contributed by atoms with Crippen LogP contribution in [0, 0.1) is 0 Å². The monoisotopic (exact) mass is 448 g/mol. The topological polar surface area (TPSA) is 137 Å². The van der Waals surface area contributed by atoms with Gasteiger partial charge in [-0.05, 0) is 51.1 Å². The molecule has 6 N–H and O–H groups in total. The minimum atomic E-state index is -1.16. The third-order valence-electron chi connectivity index (χ3n) is 6.10. The number of pyridine rings is 1. The first kappa shape index (κ1) is 21.2. The Morgan fingerprint density at radius 1 is 1.27 bits per heavy atom. The van der Waals surface area contributed by atoms with Crippen LogP contribution < -0.4 is 32.3 Å². The second-order valence-electron chi connectivity index (χ2n) is 8.76. The highest BCUT2D eigenvalue weighted by Gasteiger charge is 2.31. The number of piperazine rings is 1. The van der Waals surface area contributed by atoms with Crippen molar-refractivity contribution in [3.63, 3.8) is 0 Å².